The third-order valence-corrected chi connectivity index (χ3v) is 6.87. The Labute approximate surface area is 203 Å². The largest absolute Gasteiger partial charge is 0.460 e. The van der Waals surface area contributed by atoms with E-state index in [4.69, 9.17) is 14.2 Å². The second kappa shape index (κ2) is 8.27. The molecule has 1 amide bonds. The quantitative estimate of drug-likeness (QED) is 0.618. The molecule has 8 nitrogen and oxygen atoms in total. The number of halogens is 2. The summed E-state index contributed by atoms with van der Waals surface area (Å²) in [5, 5.41) is 2.90. The maximum absolute atomic E-state index is 15.9. The van der Waals surface area contributed by atoms with Crippen molar-refractivity contribution in [3.63, 3.8) is 0 Å². The second-order valence-electron chi connectivity index (χ2n) is 10.8. The number of carbonyl (C=O) groups is 2. The maximum Gasteiger partial charge on any atom is 0.407 e. The predicted molar refractivity (Wildman–Crippen MR) is 124 cm³/mol. The molecule has 0 aromatic heterocycles. The average Bonchev–Trinajstić information content (AvgIpc) is 3.65. The number of carbonyl (C=O) groups excluding carboxylic acids is 2. The molecule has 190 valence electrons. The highest BCUT2D eigenvalue weighted by Gasteiger charge is 2.59. The molecule has 5 rings (SSSR count). The van der Waals surface area contributed by atoms with E-state index >= 15 is 8.78 Å². The van der Waals surface area contributed by atoms with Gasteiger partial charge >= 0.3 is 12.1 Å². The molecule has 1 aromatic rings. The van der Waals surface area contributed by atoms with Gasteiger partial charge in [-0.3, -0.25) is 0 Å². The summed E-state index contributed by atoms with van der Waals surface area (Å²) in [5.74, 6) is -2.26. The van der Waals surface area contributed by atoms with Crippen LogP contribution in [0.25, 0.3) is 0 Å². The minimum atomic E-state index is -0.753. The van der Waals surface area contributed by atoms with E-state index in [2.05, 4.69) is 5.32 Å². The van der Waals surface area contributed by atoms with E-state index in [0.717, 1.165) is 25.3 Å². The molecule has 2 aliphatic heterocycles. The summed E-state index contributed by atoms with van der Waals surface area (Å²) < 4.78 is 47.1. The smallest absolute Gasteiger partial charge is 0.407 e. The van der Waals surface area contributed by atoms with E-state index in [-0.39, 0.29) is 47.0 Å². The predicted octanol–water partition coefficient (Wildman–Crippen LogP) is 4.22. The van der Waals surface area contributed by atoms with Crippen molar-refractivity contribution in [3.8, 4) is 5.75 Å². The highest BCUT2D eigenvalue weighted by Crippen LogP contribution is 2.55. The molecule has 2 heterocycles. The third-order valence-electron chi connectivity index (χ3n) is 6.87. The van der Waals surface area contributed by atoms with Crippen LogP contribution in [0.15, 0.2) is 18.0 Å². The summed E-state index contributed by atoms with van der Waals surface area (Å²) in [6, 6.07) is 1.07. The summed E-state index contributed by atoms with van der Waals surface area (Å²) in [5.41, 5.74) is -0.793. The van der Waals surface area contributed by atoms with Crippen molar-refractivity contribution < 1.29 is 32.6 Å². The van der Waals surface area contributed by atoms with Gasteiger partial charge in [-0.25, -0.2) is 18.4 Å². The zero-order valence-electron chi connectivity index (χ0n) is 20.5. The number of nitrogens with zero attached hydrogens (tertiary/aromatic N) is 2. The number of benzene rings is 1. The fraction of sp³-hybridized carbons (Fsp3) is 0.600. The molecule has 10 heteroatoms. The SMILES string of the molecule is CCOC(=O)C1=CN(C2CC2)c2c(cc(F)c(N3CCC4(CC4NC(=O)OC(C)(C)C)C3)c2F)O1. The van der Waals surface area contributed by atoms with Gasteiger partial charge in [0.1, 0.15) is 17.0 Å². The van der Waals surface area contributed by atoms with E-state index in [1.165, 1.54) is 6.20 Å². The van der Waals surface area contributed by atoms with Crippen molar-refractivity contribution in [2.75, 3.05) is 29.5 Å². The van der Waals surface area contributed by atoms with E-state index < -0.39 is 29.3 Å². The Morgan fingerprint density at radius 1 is 1.26 bits per heavy atom. The van der Waals surface area contributed by atoms with Crippen LogP contribution in [-0.4, -0.2) is 49.4 Å². The molecule has 1 saturated heterocycles. The molecule has 1 aromatic carbocycles. The molecule has 2 unspecified atom stereocenters. The zero-order chi connectivity index (χ0) is 25.1. The van der Waals surface area contributed by atoms with E-state index in [1.54, 1.807) is 37.5 Å². The number of esters is 1. The lowest BCUT2D eigenvalue weighted by Gasteiger charge is -2.31. The van der Waals surface area contributed by atoms with Gasteiger partial charge in [0.05, 0.1) is 12.8 Å². The molecule has 3 fully saturated rings. The van der Waals surface area contributed by atoms with Crippen LogP contribution in [0.5, 0.6) is 5.75 Å². The average molecular weight is 492 g/mol. The normalized spacial score (nSPS) is 25.1. The molecule has 0 bridgehead atoms. The first-order valence-corrected chi connectivity index (χ1v) is 12.1. The minimum Gasteiger partial charge on any atom is -0.460 e. The summed E-state index contributed by atoms with van der Waals surface area (Å²) in [6.45, 7) is 8.13. The van der Waals surface area contributed by atoms with Crippen molar-refractivity contribution in [2.45, 2.75) is 71.1 Å². The molecule has 2 saturated carbocycles. The highest BCUT2D eigenvalue weighted by atomic mass is 19.1. The Hall–Kier alpha value is -3.04. The Balaban J connectivity index is 1.36. The molecule has 1 spiro atoms. The lowest BCUT2D eigenvalue weighted by Crippen LogP contribution is -2.36. The topological polar surface area (TPSA) is 80.3 Å². The Morgan fingerprint density at radius 3 is 2.66 bits per heavy atom. The van der Waals surface area contributed by atoms with Gasteiger partial charge in [0, 0.05) is 36.7 Å². The van der Waals surface area contributed by atoms with Crippen LogP contribution < -0.4 is 19.9 Å². The van der Waals surface area contributed by atoms with Gasteiger partial charge in [0.2, 0.25) is 5.76 Å². The van der Waals surface area contributed by atoms with Crippen molar-refractivity contribution in [1.82, 2.24) is 5.32 Å². The number of alkyl carbamates (subject to hydrolysis) is 1. The molecule has 4 aliphatic rings. The van der Waals surface area contributed by atoms with Crippen LogP contribution in [0.2, 0.25) is 0 Å². The van der Waals surface area contributed by atoms with Gasteiger partial charge in [-0.05, 0) is 53.4 Å². The number of nitrogens with one attached hydrogen (secondary N) is 1. The lowest BCUT2D eigenvalue weighted by atomic mass is 10.1. The number of hydrogen-bond donors (Lipinski definition) is 1. The van der Waals surface area contributed by atoms with Crippen molar-refractivity contribution in [3.05, 3.63) is 29.7 Å². The van der Waals surface area contributed by atoms with Gasteiger partial charge in [-0.15, -0.1) is 0 Å². The standard InChI is InChI=1S/C25H31F2N3O5/c1-5-33-22(31)17-12-30(14-6-7-14)21-16(34-17)10-15(26)20(19(21)27)29-9-8-25(13-29)11-18(25)28-23(32)35-24(2,3)4/h10,12,14,18H,5-9,11,13H2,1-4H3,(H,28,32). The molecular formula is C25H31F2N3O5. The van der Waals surface area contributed by atoms with Crippen molar-refractivity contribution >= 4 is 23.4 Å². The molecule has 35 heavy (non-hydrogen) atoms. The van der Waals surface area contributed by atoms with Crippen LogP contribution >= 0.6 is 0 Å². The first kappa shape index (κ1) is 23.7. The second-order valence-corrected chi connectivity index (χ2v) is 10.8. The summed E-state index contributed by atoms with van der Waals surface area (Å²) in [4.78, 5) is 27.8. The number of ether oxygens (including phenoxy) is 3. The van der Waals surface area contributed by atoms with Crippen LogP contribution in [0, 0.1) is 17.0 Å². The third kappa shape index (κ3) is 4.50. The monoisotopic (exact) mass is 491 g/mol. The minimum absolute atomic E-state index is 0.0191. The van der Waals surface area contributed by atoms with Crippen molar-refractivity contribution in [1.29, 1.82) is 0 Å². The van der Waals surface area contributed by atoms with Gasteiger partial charge in [0.25, 0.3) is 0 Å². The van der Waals surface area contributed by atoms with Crippen LogP contribution in [0.1, 0.15) is 53.4 Å². The van der Waals surface area contributed by atoms with E-state index in [1.807, 2.05) is 0 Å². The highest BCUT2D eigenvalue weighted by molar-refractivity contribution is 5.89. The van der Waals surface area contributed by atoms with Crippen LogP contribution in [0.3, 0.4) is 0 Å². The molecule has 1 N–H and O–H groups in total. The summed E-state index contributed by atoms with van der Waals surface area (Å²) in [6.07, 6.45) is 4.09. The van der Waals surface area contributed by atoms with Gasteiger partial charge in [-0.1, -0.05) is 0 Å². The maximum atomic E-state index is 15.9. The number of hydrogen-bond acceptors (Lipinski definition) is 7. The molecule has 2 atom stereocenters. The van der Waals surface area contributed by atoms with Crippen LogP contribution in [-0.2, 0) is 14.3 Å². The number of fused-ring (bicyclic) bond motifs is 1. The number of rotatable bonds is 5. The summed E-state index contributed by atoms with van der Waals surface area (Å²) >= 11 is 0. The Morgan fingerprint density at radius 2 is 2.00 bits per heavy atom. The van der Waals surface area contributed by atoms with Gasteiger partial charge in [-0.2, -0.15) is 0 Å². The van der Waals surface area contributed by atoms with Crippen LogP contribution in [0.4, 0.5) is 25.0 Å². The van der Waals surface area contributed by atoms with E-state index in [0.29, 0.717) is 19.5 Å². The fourth-order valence-corrected chi connectivity index (χ4v) is 5.00. The Bertz CT molecular complexity index is 1100. The van der Waals surface area contributed by atoms with Crippen molar-refractivity contribution in [2.24, 2.45) is 5.41 Å². The first-order valence-electron chi connectivity index (χ1n) is 12.1. The fourth-order valence-electron chi connectivity index (χ4n) is 5.00. The molecular weight excluding hydrogens is 460 g/mol. The first-order chi connectivity index (χ1) is 16.5. The number of amides is 1. The molecule has 2 aliphatic carbocycles. The van der Waals surface area contributed by atoms with E-state index in [9.17, 15) is 9.59 Å². The van der Waals surface area contributed by atoms with Gasteiger partial charge < -0.3 is 29.3 Å². The lowest BCUT2D eigenvalue weighted by molar-refractivity contribution is -0.141. The number of anilines is 2. The van der Waals surface area contributed by atoms with Gasteiger partial charge in [0.15, 0.2) is 17.4 Å². The molecule has 0 radical (unpaired) electrons. The Kier molecular flexibility index (Phi) is 5.60. The summed E-state index contributed by atoms with van der Waals surface area (Å²) in [7, 11) is 0. The zero-order valence-corrected chi connectivity index (χ0v) is 20.5.